The molecule has 1 aliphatic rings. The minimum atomic E-state index is -0.571. The van der Waals surface area contributed by atoms with Crippen LogP contribution in [-0.2, 0) is 9.53 Å². The van der Waals surface area contributed by atoms with Crippen LogP contribution in [-0.4, -0.2) is 12.3 Å². The molecule has 1 aromatic rings. The van der Waals surface area contributed by atoms with Gasteiger partial charge in [-0.3, -0.25) is 4.79 Å². The largest absolute Gasteiger partial charge is 0.464 e. The first-order chi connectivity index (χ1) is 6.38. The molecule has 0 spiro atoms. The van der Waals surface area contributed by atoms with Gasteiger partial charge in [0, 0.05) is 5.56 Å². The number of hydrogen-bond acceptors (Lipinski definition) is 3. The van der Waals surface area contributed by atoms with Gasteiger partial charge in [-0.1, -0.05) is 30.3 Å². The van der Waals surface area contributed by atoms with Gasteiger partial charge in [0.1, 0.15) is 0 Å². The zero-order valence-corrected chi connectivity index (χ0v) is 6.81. The van der Waals surface area contributed by atoms with E-state index in [9.17, 15) is 4.79 Å². The summed E-state index contributed by atoms with van der Waals surface area (Å²) in [5.41, 5.74) is 3.16. The second-order valence-corrected chi connectivity index (χ2v) is 2.64. The van der Waals surface area contributed by atoms with Gasteiger partial charge in [0.15, 0.2) is 6.40 Å². The Bertz CT molecular complexity index is 335. The van der Waals surface area contributed by atoms with Crippen LogP contribution in [0.2, 0.25) is 0 Å². The number of carbonyl (C=O) groups excluding carboxylic acids is 1. The van der Waals surface area contributed by atoms with Gasteiger partial charge in [-0.25, -0.2) is 5.43 Å². The Labute approximate surface area is 75.2 Å². The molecule has 0 unspecified atom stereocenters. The minimum absolute atomic E-state index is 0.242. The first-order valence-corrected chi connectivity index (χ1v) is 3.90. The second kappa shape index (κ2) is 3.26. The van der Waals surface area contributed by atoms with Crippen LogP contribution in [0.3, 0.4) is 0 Å². The van der Waals surface area contributed by atoms with Gasteiger partial charge in [-0.05, 0) is 0 Å². The highest BCUT2D eigenvalue weighted by molar-refractivity contribution is 5.85. The van der Waals surface area contributed by atoms with E-state index < -0.39 is 6.10 Å². The highest BCUT2D eigenvalue weighted by atomic mass is 16.5. The summed E-state index contributed by atoms with van der Waals surface area (Å²) in [6, 6.07) is 9.28. The lowest BCUT2D eigenvalue weighted by molar-refractivity contribution is -0.129. The maximum absolute atomic E-state index is 11.2. The van der Waals surface area contributed by atoms with Gasteiger partial charge in [-0.15, -0.1) is 5.10 Å². The lowest BCUT2D eigenvalue weighted by Gasteiger charge is -2.17. The van der Waals surface area contributed by atoms with Crippen LogP contribution >= 0.6 is 0 Å². The highest BCUT2D eigenvalue weighted by Crippen LogP contribution is 2.17. The number of nitrogens with zero attached hydrogens (tertiary/aromatic N) is 1. The minimum Gasteiger partial charge on any atom is -0.464 e. The summed E-state index contributed by atoms with van der Waals surface area (Å²) in [6.07, 6.45) is 0.665. The summed E-state index contributed by atoms with van der Waals surface area (Å²) in [6.45, 7) is 0. The quantitative estimate of drug-likeness (QED) is 0.688. The van der Waals surface area contributed by atoms with E-state index in [4.69, 9.17) is 4.74 Å². The number of carbonyl (C=O) groups is 1. The van der Waals surface area contributed by atoms with E-state index in [0.29, 0.717) is 0 Å². The van der Waals surface area contributed by atoms with Crippen molar-refractivity contribution in [3.63, 3.8) is 0 Å². The van der Waals surface area contributed by atoms with Crippen LogP contribution in [0.4, 0.5) is 0 Å². The molecule has 4 heteroatoms. The van der Waals surface area contributed by atoms with E-state index in [1.165, 1.54) is 6.40 Å². The molecule has 1 amide bonds. The Morgan fingerprint density at radius 1 is 1.31 bits per heavy atom. The number of amides is 1. The fourth-order valence-electron chi connectivity index (χ4n) is 1.16. The van der Waals surface area contributed by atoms with Crippen molar-refractivity contribution in [2.24, 2.45) is 5.10 Å². The normalized spacial score (nSPS) is 20.6. The summed E-state index contributed by atoms with van der Waals surface area (Å²) in [4.78, 5) is 11.2. The van der Waals surface area contributed by atoms with Crippen molar-refractivity contribution in [1.29, 1.82) is 0 Å². The molecule has 2 rings (SSSR count). The molecule has 66 valence electrons. The average molecular weight is 176 g/mol. The van der Waals surface area contributed by atoms with Gasteiger partial charge in [0.2, 0.25) is 6.10 Å². The molecule has 0 saturated heterocycles. The summed E-state index contributed by atoms with van der Waals surface area (Å²) in [7, 11) is 0. The van der Waals surface area contributed by atoms with Crippen molar-refractivity contribution in [2.45, 2.75) is 6.10 Å². The van der Waals surface area contributed by atoms with Gasteiger partial charge >= 0.3 is 0 Å². The maximum atomic E-state index is 11.2. The SMILES string of the molecule is O=C1NN=CO[C@@H]1c1ccccc1. The zero-order valence-electron chi connectivity index (χ0n) is 6.81. The van der Waals surface area contributed by atoms with Crippen LogP contribution in [0.1, 0.15) is 11.7 Å². The lowest BCUT2D eigenvalue weighted by atomic mass is 10.1. The monoisotopic (exact) mass is 176 g/mol. The van der Waals surface area contributed by atoms with Crippen LogP contribution in [0.15, 0.2) is 35.4 Å². The predicted octanol–water partition coefficient (Wildman–Crippen LogP) is 0.817. The standard InChI is InChI=1S/C9H8N2O2/c12-9-8(13-6-10-11-9)7-4-2-1-3-5-7/h1-6,8H,(H,11,12)/t8-/m1/s1. The molecule has 13 heavy (non-hydrogen) atoms. The van der Waals surface area contributed by atoms with E-state index in [0.717, 1.165) is 5.56 Å². The topological polar surface area (TPSA) is 50.7 Å². The van der Waals surface area contributed by atoms with Crippen molar-refractivity contribution in [1.82, 2.24) is 5.43 Å². The summed E-state index contributed by atoms with van der Waals surface area (Å²) < 4.78 is 5.07. The van der Waals surface area contributed by atoms with Crippen molar-refractivity contribution < 1.29 is 9.53 Å². The molecule has 0 radical (unpaired) electrons. The van der Waals surface area contributed by atoms with Crippen LogP contribution < -0.4 is 5.43 Å². The predicted molar refractivity (Wildman–Crippen MR) is 46.9 cm³/mol. The summed E-state index contributed by atoms with van der Waals surface area (Å²) in [5.74, 6) is -0.242. The van der Waals surface area contributed by atoms with Gasteiger partial charge in [0.05, 0.1) is 0 Å². The fraction of sp³-hybridized carbons (Fsp3) is 0.111. The van der Waals surface area contributed by atoms with Crippen molar-refractivity contribution in [2.75, 3.05) is 0 Å². The Balaban J connectivity index is 2.26. The number of hydrogen-bond donors (Lipinski definition) is 1. The van der Waals surface area contributed by atoms with Crippen molar-refractivity contribution in [3.05, 3.63) is 35.9 Å². The molecular formula is C9H8N2O2. The molecule has 1 atom stereocenters. The van der Waals surface area contributed by atoms with Gasteiger partial charge < -0.3 is 4.74 Å². The van der Waals surface area contributed by atoms with E-state index >= 15 is 0 Å². The Morgan fingerprint density at radius 3 is 2.77 bits per heavy atom. The fourth-order valence-corrected chi connectivity index (χ4v) is 1.16. The van der Waals surface area contributed by atoms with E-state index in [-0.39, 0.29) is 5.91 Å². The van der Waals surface area contributed by atoms with Crippen LogP contribution in [0.5, 0.6) is 0 Å². The first kappa shape index (κ1) is 7.79. The Kier molecular flexibility index (Phi) is 1.96. The molecule has 0 aliphatic carbocycles. The molecule has 1 N–H and O–H groups in total. The van der Waals surface area contributed by atoms with Crippen molar-refractivity contribution >= 4 is 12.3 Å². The average Bonchev–Trinajstić information content (AvgIpc) is 2.20. The molecule has 1 heterocycles. The first-order valence-electron chi connectivity index (χ1n) is 3.90. The molecule has 0 aromatic heterocycles. The van der Waals surface area contributed by atoms with Crippen LogP contribution in [0.25, 0.3) is 0 Å². The number of benzene rings is 1. The van der Waals surface area contributed by atoms with Gasteiger partial charge in [-0.2, -0.15) is 0 Å². The zero-order chi connectivity index (χ0) is 9.10. The number of ether oxygens (including phenoxy) is 1. The third-order valence-electron chi connectivity index (χ3n) is 1.76. The second-order valence-electron chi connectivity index (χ2n) is 2.64. The number of hydrazone groups is 1. The number of nitrogens with one attached hydrogen (secondary N) is 1. The van der Waals surface area contributed by atoms with Crippen molar-refractivity contribution in [3.8, 4) is 0 Å². The summed E-state index contributed by atoms with van der Waals surface area (Å²) in [5, 5.41) is 3.49. The maximum Gasteiger partial charge on any atom is 0.285 e. The Hall–Kier alpha value is -1.84. The molecule has 0 fully saturated rings. The lowest BCUT2D eigenvalue weighted by Crippen LogP contribution is -2.31. The molecule has 4 nitrogen and oxygen atoms in total. The molecular weight excluding hydrogens is 168 g/mol. The third kappa shape index (κ3) is 1.51. The van der Waals surface area contributed by atoms with Crippen LogP contribution in [0, 0.1) is 0 Å². The number of rotatable bonds is 1. The van der Waals surface area contributed by atoms with E-state index in [2.05, 4.69) is 10.5 Å². The molecule has 1 aromatic carbocycles. The summed E-state index contributed by atoms with van der Waals surface area (Å²) >= 11 is 0. The third-order valence-corrected chi connectivity index (χ3v) is 1.76. The molecule has 1 aliphatic heterocycles. The molecule has 0 saturated carbocycles. The van der Waals surface area contributed by atoms with Gasteiger partial charge in [0.25, 0.3) is 5.91 Å². The van der Waals surface area contributed by atoms with E-state index in [1.54, 1.807) is 0 Å². The van der Waals surface area contributed by atoms with E-state index in [1.807, 2.05) is 30.3 Å². The Morgan fingerprint density at radius 2 is 2.08 bits per heavy atom. The smallest absolute Gasteiger partial charge is 0.285 e. The molecule has 0 bridgehead atoms. The highest BCUT2D eigenvalue weighted by Gasteiger charge is 2.23.